The molecule has 1 atom stereocenters. The minimum Gasteiger partial charge on any atom is -0.493 e. The number of aryl methyl sites for hydroxylation is 1. The molecule has 2 nitrogen and oxygen atoms in total. The third-order valence-electron chi connectivity index (χ3n) is 2.01. The first-order valence-electron chi connectivity index (χ1n) is 4.63. The number of nitrogens with two attached hydrogens (primary N) is 1. The first-order valence-corrected chi connectivity index (χ1v) is 4.63. The highest BCUT2D eigenvalue weighted by atomic mass is 19.1. The molecule has 0 saturated heterocycles. The van der Waals surface area contributed by atoms with Crippen LogP contribution in [0.15, 0.2) is 12.1 Å². The third-order valence-corrected chi connectivity index (χ3v) is 2.01. The van der Waals surface area contributed by atoms with Gasteiger partial charge in [0.1, 0.15) is 0 Å². The van der Waals surface area contributed by atoms with Crippen molar-refractivity contribution < 1.29 is 9.13 Å². The lowest BCUT2D eigenvalue weighted by Gasteiger charge is -2.12. The number of hydrogen-bond donors (Lipinski definition) is 1. The Hall–Kier alpha value is -1.09. The molecule has 0 bridgehead atoms. The summed E-state index contributed by atoms with van der Waals surface area (Å²) in [7, 11) is 1.47. The second kappa shape index (κ2) is 4.42. The van der Waals surface area contributed by atoms with Crippen LogP contribution in [0.5, 0.6) is 5.75 Å². The highest BCUT2D eigenvalue weighted by Gasteiger charge is 2.11. The summed E-state index contributed by atoms with van der Waals surface area (Å²) in [5.41, 5.74) is 7.39. The van der Waals surface area contributed by atoms with Crippen molar-refractivity contribution in [1.29, 1.82) is 0 Å². The standard InChI is InChI=1S/C11H16FNO/c1-7-4-9(6-8(2)13)11(14-3)10(12)5-7/h4-5,8H,6,13H2,1-3H3. The van der Waals surface area contributed by atoms with Gasteiger partial charge in [0.05, 0.1) is 7.11 Å². The molecule has 0 aliphatic heterocycles. The maximum absolute atomic E-state index is 13.4. The molecule has 0 spiro atoms. The van der Waals surface area contributed by atoms with Crippen molar-refractivity contribution in [3.05, 3.63) is 29.1 Å². The number of rotatable bonds is 3. The number of ether oxygens (including phenoxy) is 1. The molecule has 0 saturated carbocycles. The molecule has 1 aromatic rings. The molecule has 0 aliphatic carbocycles. The maximum atomic E-state index is 13.4. The molecule has 0 amide bonds. The molecule has 0 aliphatic rings. The lowest BCUT2D eigenvalue weighted by atomic mass is 10.0. The van der Waals surface area contributed by atoms with E-state index in [1.54, 1.807) is 0 Å². The van der Waals surface area contributed by atoms with Gasteiger partial charge in [0.2, 0.25) is 0 Å². The van der Waals surface area contributed by atoms with E-state index in [1.165, 1.54) is 13.2 Å². The lowest BCUT2D eigenvalue weighted by Crippen LogP contribution is -2.18. The van der Waals surface area contributed by atoms with Gasteiger partial charge >= 0.3 is 0 Å². The van der Waals surface area contributed by atoms with Gasteiger partial charge in [-0.2, -0.15) is 0 Å². The second-order valence-electron chi connectivity index (χ2n) is 3.62. The highest BCUT2D eigenvalue weighted by Crippen LogP contribution is 2.25. The monoisotopic (exact) mass is 197 g/mol. The molecule has 14 heavy (non-hydrogen) atoms. The minimum absolute atomic E-state index is 0.00472. The molecule has 0 heterocycles. The van der Waals surface area contributed by atoms with Crippen LogP contribution >= 0.6 is 0 Å². The Labute approximate surface area is 83.9 Å². The number of halogens is 1. The Balaban J connectivity index is 3.11. The second-order valence-corrected chi connectivity index (χ2v) is 3.62. The molecule has 1 unspecified atom stereocenters. The predicted molar refractivity (Wildman–Crippen MR) is 55.0 cm³/mol. The molecular formula is C11H16FNO. The first-order chi connectivity index (χ1) is 6.54. The molecule has 0 fully saturated rings. The Morgan fingerprint density at radius 3 is 2.64 bits per heavy atom. The highest BCUT2D eigenvalue weighted by molar-refractivity contribution is 5.38. The molecule has 1 aromatic carbocycles. The summed E-state index contributed by atoms with van der Waals surface area (Å²) in [6.45, 7) is 3.74. The number of hydrogen-bond acceptors (Lipinski definition) is 2. The van der Waals surface area contributed by atoms with Crippen molar-refractivity contribution in [3.63, 3.8) is 0 Å². The minimum atomic E-state index is -0.317. The van der Waals surface area contributed by atoms with Crippen LogP contribution in [-0.4, -0.2) is 13.2 Å². The van der Waals surface area contributed by atoms with Crippen molar-refractivity contribution >= 4 is 0 Å². The van der Waals surface area contributed by atoms with Gasteiger partial charge in [0.15, 0.2) is 11.6 Å². The summed E-state index contributed by atoms with van der Waals surface area (Å²) < 4.78 is 18.4. The zero-order valence-electron chi connectivity index (χ0n) is 8.80. The zero-order chi connectivity index (χ0) is 10.7. The van der Waals surface area contributed by atoms with E-state index in [1.807, 2.05) is 19.9 Å². The third kappa shape index (κ3) is 2.45. The normalized spacial score (nSPS) is 12.6. The van der Waals surface area contributed by atoms with Gasteiger partial charge in [-0.3, -0.25) is 0 Å². The Morgan fingerprint density at radius 1 is 1.50 bits per heavy atom. The molecule has 78 valence electrons. The fraction of sp³-hybridized carbons (Fsp3) is 0.455. The summed E-state index contributed by atoms with van der Waals surface area (Å²) in [5, 5.41) is 0. The quantitative estimate of drug-likeness (QED) is 0.804. The fourth-order valence-electron chi connectivity index (χ4n) is 1.53. The van der Waals surface area contributed by atoms with E-state index in [0.29, 0.717) is 12.2 Å². The fourth-order valence-corrected chi connectivity index (χ4v) is 1.53. The van der Waals surface area contributed by atoms with Gasteiger partial charge in [0, 0.05) is 6.04 Å². The van der Waals surface area contributed by atoms with Gasteiger partial charge in [-0.05, 0) is 37.5 Å². The lowest BCUT2D eigenvalue weighted by molar-refractivity contribution is 0.380. The molecule has 2 N–H and O–H groups in total. The van der Waals surface area contributed by atoms with Crippen molar-refractivity contribution in [2.75, 3.05) is 7.11 Å². The summed E-state index contributed by atoms with van der Waals surface area (Å²) in [5.74, 6) is -0.00366. The van der Waals surface area contributed by atoms with Crippen LogP contribution in [0.3, 0.4) is 0 Å². The topological polar surface area (TPSA) is 35.2 Å². The largest absolute Gasteiger partial charge is 0.493 e. The first kappa shape index (κ1) is 11.0. The van der Waals surface area contributed by atoms with Crippen LogP contribution in [0, 0.1) is 12.7 Å². The van der Waals surface area contributed by atoms with E-state index in [-0.39, 0.29) is 11.9 Å². The molecule has 0 radical (unpaired) electrons. The average molecular weight is 197 g/mol. The smallest absolute Gasteiger partial charge is 0.165 e. The summed E-state index contributed by atoms with van der Waals surface area (Å²) in [6.07, 6.45) is 0.627. The Morgan fingerprint density at radius 2 is 2.14 bits per heavy atom. The van der Waals surface area contributed by atoms with Crippen LogP contribution in [0.4, 0.5) is 4.39 Å². The van der Waals surface area contributed by atoms with Crippen molar-refractivity contribution in [2.24, 2.45) is 5.73 Å². The van der Waals surface area contributed by atoms with E-state index in [9.17, 15) is 4.39 Å². The van der Waals surface area contributed by atoms with E-state index < -0.39 is 0 Å². The Bertz CT molecular complexity index is 323. The van der Waals surface area contributed by atoms with Gasteiger partial charge in [-0.15, -0.1) is 0 Å². The van der Waals surface area contributed by atoms with Gasteiger partial charge in [0.25, 0.3) is 0 Å². The van der Waals surface area contributed by atoms with Crippen molar-refractivity contribution in [3.8, 4) is 5.75 Å². The van der Waals surface area contributed by atoms with Gasteiger partial charge < -0.3 is 10.5 Å². The van der Waals surface area contributed by atoms with Crippen molar-refractivity contribution in [1.82, 2.24) is 0 Å². The number of benzene rings is 1. The molecular weight excluding hydrogens is 181 g/mol. The SMILES string of the molecule is COc1c(F)cc(C)cc1CC(C)N. The van der Waals surface area contributed by atoms with Crippen LogP contribution < -0.4 is 10.5 Å². The maximum Gasteiger partial charge on any atom is 0.165 e. The van der Waals surface area contributed by atoms with E-state index in [4.69, 9.17) is 10.5 Å². The van der Waals surface area contributed by atoms with Gasteiger partial charge in [-0.25, -0.2) is 4.39 Å². The van der Waals surface area contributed by atoms with E-state index in [2.05, 4.69) is 0 Å². The summed E-state index contributed by atoms with van der Waals surface area (Å²) >= 11 is 0. The molecule has 0 aromatic heterocycles. The van der Waals surface area contributed by atoms with Crippen LogP contribution in [-0.2, 0) is 6.42 Å². The summed E-state index contributed by atoms with van der Waals surface area (Å²) in [6, 6.07) is 3.37. The van der Waals surface area contributed by atoms with Crippen molar-refractivity contribution in [2.45, 2.75) is 26.3 Å². The van der Waals surface area contributed by atoms with Crippen LogP contribution in [0.1, 0.15) is 18.1 Å². The number of methoxy groups -OCH3 is 1. The average Bonchev–Trinajstić information content (AvgIpc) is 2.01. The van der Waals surface area contributed by atoms with Gasteiger partial charge in [-0.1, -0.05) is 6.07 Å². The van der Waals surface area contributed by atoms with E-state index in [0.717, 1.165) is 11.1 Å². The Kier molecular flexibility index (Phi) is 3.47. The summed E-state index contributed by atoms with van der Waals surface area (Å²) in [4.78, 5) is 0. The van der Waals surface area contributed by atoms with Crippen LogP contribution in [0.25, 0.3) is 0 Å². The van der Waals surface area contributed by atoms with Crippen LogP contribution in [0.2, 0.25) is 0 Å². The molecule has 1 rings (SSSR count). The molecule has 3 heteroatoms. The van der Waals surface area contributed by atoms with E-state index >= 15 is 0 Å². The zero-order valence-corrected chi connectivity index (χ0v) is 8.80. The predicted octanol–water partition coefficient (Wildman–Crippen LogP) is 2.03.